The zero-order chi connectivity index (χ0) is 19.8. The van der Waals surface area contributed by atoms with Crippen molar-refractivity contribution in [3.8, 4) is 0 Å². The number of nitrogens with zero attached hydrogens (tertiary/aromatic N) is 2. The average molecular weight is 377 g/mol. The molecule has 0 spiro atoms. The van der Waals surface area contributed by atoms with Gasteiger partial charge in [0, 0.05) is 46.0 Å². The Hall–Kier alpha value is -2.12. The minimum absolute atomic E-state index is 0.00645. The summed E-state index contributed by atoms with van der Waals surface area (Å²) in [5, 5.41) is 5.45. The first kappa shape index (κ1) is 21.2. The van der Waals surface area contributed by atoms with Crippen molar-refractivity contribution in [2.75, 3.05) is 58.4 Å². The quantitative estimate of drug-likeness (QED) is 0.695. The van der Waals surface area contributed by atoms with E-state index in [1.165, 1.54) is 0 Å². The monoisotopic (exact) mass is 376 g/mol. The van der Waals surface area contributed by atoms with Crippen LogP contribution in [0.2, 0.25) is 0 Å². The summed E-state index contributed by atoms with van der Waals surface area (Å²) in [5.41, 5.74) is 2.24. The number of morpholine rings is 1. The van der Waals surface area contributed by atoms with Gasteiger partial charge in [-0.3, -0.25) is 14.5 Å². The molecule has 1 aromatic rings. The molecule has 0 aromatic heterocycles. The van der Waals surface area contributed by atoms with Gasteiger partial charge in [0.25, 0.3) is 0 Å². The fourth-order valence-electron chi connectivity index (χ4n) is 2.99. The third-order valence-corrected chi connectivity index (χ3v) is 4.61. The molecule has 1 aliphatic heterocycles. The number of nitrogens with one attached hydrogen (secondary N) is 2. The fourth-order valence-corrected chi connectivity index (χ4v) is 2.99. The summed E-state index contributed by atoms with van der Waals surface area (Å²) in [7, 11) is 4.01. The maximum absolute atomic E-state index is 12.1. The Bertz CT molecular complexity index is 610. The summed E-state index contributed by atoms with van der Waals surface area (Å²) in [6.45, 7) is 7.81. The second kappa shape index (κ2) is 10.3. The van der Waals surface area contributed by atoms with E-state index in [1.54, 1.807) is 0 Å². The van der Waals surface area contributed by atoms with Crippen molar-refractivity contribution >= 4 is 17.5 Å². The molecule has 0 aliphatic carbocycles. The summed E-state index contributed by atoms with van der Waals surface area (Å²) in [6, 6.07) is 8.31. The molecular formula is C20H32N4O3. The number of anilines is 1. The predicted octanol–water partition coefficient (Wildman–Crippen LogP) is 1.01. The highest BCUT2D eigenvalue weighted by Gasteiger charge is 2.24. The number of carbonyl (C=O) groups is 2. The zero-order valence-corrected chi connectivity index (χ0v) is 16.8. The number of ether oxygens (including phenoxy) is 1. The smallest absolute Gasteiger partial charge is 0.309 e. The number of benzene rings is 1. The number of hydrogen-bond acceptors (Lipinski definition) is 5. The number of hydrogen-bond donors (Lipinski definition) is 2. The van der Waals surface area contributed by atoms with E-state index >= 15 is 0 Å². The lowest BCUT2D eigenvalue weighted by Crippen LogP contribution is -2.47. The first-order valence-corrected chi connectivity index (χ1v) is 9.53. The third-order valence-electron chi connectivity index (χ3n) is 4.61. The van der Waals surface area contributed by atoms with Crippen LogP contribution in [0, 0.1) is 5.92 Å². The topological polar surface area (TPSA) is 73.9 Å². The Morgan fingerprint density at radius 3 is 2.11 bits per heavy atom. The Labute approximate surface area is 162 Å². The van der Waals surface area contributed by atoms with Gasteiger partial charge in [-0.15, -0.1) is 0 Å². The molecule has 150 valence electrons. The van der Waals surface area contributed by atoms with Gasteiger partial charge in [-0.25, -0.2) is 0 Å². The van der Waals surface area contributed by atoms with Crippen molar-refractivity contribution in [2.24, 2.45) is 5.92 Å². The molecule has 7 nitrogen and oxygen atoms in total. The van der Waals surface area contributed by atoms with E-state index in [1.807, 2.05) is 32.8 Å². The summed E-state index contributed by atoms with van der Waals surface area (Å²) in [5.74, 6) is -0.857. The van der Waals surface area contributed by atoms with Crippen LogP contribution in [0.3, 0.4) is 0 Å². The highest BCUT2D eigenvalue weighted by Crippen LogP contribution is 2.23. The summed E-state index contributed by atoms with van der Waals surface area (Å²) < 4.78 is 5.45. The van der Waals surface area contributed by atoms with Gasteiger partial charge in [0.1, 0.15) is 0 Å². The molecule has 1 atom stereocenters. The van der Waals surface area contributed by atoms with E-state index in [0.717, 1.165) is 24.3 Å². The molecule has 0 saturated carbocycles. The van der Waals surface area contributed by atoms with Crippen LogP contribution >= 0.6 is 0 Å². The van der Waals surface area contributed by atoms with Gasteiger partial charge >= 0.3 is 11.8 Å². The predicted molar refractivity (Wildman–Crippen MR) is 107 cm³/mol. The van der Waals surface area contributed by atoms with Crippen molar-refractivity contribution < 1.29 is 14.3 Å². The van der Waals surface area contributed by atoms with Gasteiger partial charge in [0.05, 0.1) is 19.3 Å². The lowest BCUT2D eigenvalue weighted by atomic mass is 10.0. The van der Waals surface area contributed by atoms with Crippen molar-refractivity contribution in [3.63, 3.8) is 0 Å². The second-order valence-corrected chi connectivity index (χ2v) is 7.46. The van der Waals surface area contributed by atoms with Crippen LogP contribution in [-0.2, 0) is 14.3 Å². The minimum atomic E-state index is -0.584. The number of carbonyl (C=O) groups excluding carboxylic acids is 2. The highest BCUT2D eigenvalue weighted by atomic mass is 16.5. The lowest BCUT2D eigenvalue weighted by molar-refractivity contribution is -0.139. The van der Waals surface area contributed by atoms with Gasteiger partial charge < -0.3 is 20.3 Å². The second-order valence-electron chi connectivity index (χ2n) is 7.46. The maximum Gasteiger partial charge on any atom is 0.309 e. The molecule has 0 bridgehead atoms. The zero-order valence-electron chi connectivity index (χ0n) is 16.8. The summed E-state index contributed by atoms with van der Waals surface area (Å²) in [6.07, 6.45) is 0. The molecule has 0 unspecified atom stereocenters. The maximum atomic E-state index is 12.1. The normalized spacial score (nSPS) is 16.0. The van der Waals surface area contributed by atoms with Crippen molar-refractivity contribution in [2.45, 2.75) is 19.9 Å². The molecule has 2 rings (SSSR count). The molecule has 7 heteroatoms. The first-order chi connectivity index (χ1) is 12.9. The van der Waals surface area contributed by atoms with E-state index in [4.69, 9.17) is 4.74 Å². The SMILES string of the molecule is CC(C)CNC(=O)C(=O)NC[C@H](c1ccc(N(C)C)cc1)N1CCOCC1. The lowest BCUT2D eigenvalue weighted by Gasteiger charge is -2.35. The van der Waals surface area contributed by atoms with Crippen LogP contribution in [0.25, 0.3) is 0 Å². The number of rotatable bonds is 7. The minimum Gasteiger partial charge on any atom is -0.379 e. The molecule has 1 fully saturated rings. The molecule has 1 aromatic carbocycles. The van der Waals surface area contributed by atoms with Crippen LogP contribution in [-0.4, -0.2) is 70.2 Å². The Morgan fingerprint density at radius 1 is 1.04 bits per heavy atom. The van der Waals surface area contributed by atoms with E-state index in [9.17, 15) is 9.59 Å². The van der Waals surface area contributed by atoms with Gasteiger partial charge in [0.15, 0.2) is 0 Å². The summed E-state index contributed by atoms with van der Waals surface area (Å²) in [4.78, 5) is 28.4. The Kier molecular flexibility index (Phi) is 8.06. The molecule has 1 aliphatic rings. The molecular weight excluding hydrogens is 344 g/mol. The van der Waals surface area contributed by atoms with Crippen LogP contribution in [0.5, 0.6) is 0 Å². The molecule has 1 saturated heterocycles. The van der Waals surface area contributed by atoms with E-state index in [2.05, 4.69) is 39.8 Å². The highest BCUT2D eigenvalue weighted by molar-refractivity contribution is 6.35. The van der Waals surface area contributed by atoms with E-state index in [-0.39, 0.29) is 6.04 Å². The van der Waals surface area contributed by atoms with Gasteiger partial charge in [-0.05, 0) is 23.6 Å². The van der Waals surface area contributed by atoms with Crippen LogP contribution < -0.4 is 15.5 Å². The molecule has 0 radical (unpaired) electrons. The molecule has 2 amide bonds. The first-order valence-electron chi connectivity index (χ1n) is 9.53. The van der Waals surface area contributed by atoms with Crippen LogP contribution in [0.1, 0.15) is 25.5 Å². The van der Waals surface area contributed by atoms with Crippen LogP contribution in [0.4, 0.5) is 5.69 Å². The molecule has 27 heavy (non-hydrogen) atoms. The van der Waals surface area contributed by atoms with Gasteiger partial charge in [0.2, 0.25) is 0 Å². The molecule has 1 heterocycles. The largest absolute Gasteiger partial charge is 0.379 e. The van der Waals surface area contributed by atoms with Gasteiger partial charge in [-0.1, -0.05) is 26.0 Å². The average Bonchev–Trinajstić information content (AvgIpc) is 2.67. The number of amides is 2. The van der Waals surface area contributed by atoms with E-state index < -0.39 is 11.8 Å². The van der Waals surface area contributed by atoms with Gasteiger partial charge in [-0.2, -0.15) is 0 Å². The third kappa shape index (κ3) is 6.52. The Morgan fingerprint density at radius 2 is 1.59 bits per heavy atom. The van der Waals surface area contributed by atoms with Crippen molar-refractivity contribution in [1.29, 1.82) is 0 Å². The fraction of sp³-hybridized carbons (Fsp3) is 0.600. The summed E-state index contributed by atoms with van der Waals surface area (Å²) >= 11 is 0. The van der Waals surface area contributed by atoms with Crippen molar-refractivity contribution in [3.05, 3.63) is 29.8 Å². The van der Waals surface area contributed by atoms with Crippen LogP contribution in [0.15, 0.2) is 24.3 Å². The Balaban J connectivity index is 2.04. The standard InChI is InChI=1S/C20H32N4O3/c1-15(2)13-21-19(25)20(26)22-14-18(24-9-11-27-12-10-24)16-5-7-17(8-6-16)23(3)4/h5-8,15,18H,9-14H2,1-4H3,(H,21,25)(H,22,26)/t18-/m1/s1. The molecule has 2 N–H and O–H groups in total. The van der Waals surface area contributed by atoms with E-state index in [0.29, 0.717) is 32.2 Å². The van der Waals surface area contributed by atoms with Crippen molar-refractivity contribution in [1.82, 2.24) is 15.5 Å².